The number of nitrogen functional groups attached to an aromatic ring is 1. The van der Waals surface area contributed by atoms with Crippen LogP contribution in [0.3, 0.4) is 0 Å². The first-order chi connectivity index (χ1) is 7.25. The number of nitrogens with two attached hydrogens (primary N) is 1. The normalized spacial score (nSPS) is 9.93. The first kappa shape index (κ1) is 9.52. The maximum atomic E-state index is 5.68. The summed E-state index contributed by atoms with van der Waals surface area (Å²) in [5.74, 6) is 0. The second-order valence-corrected chi connectivity index (χ2v) is 3.44. The van der Waals surface area contributed by atoms with Crippen molar-refractivity contribution < 1.29 is 0 Å². The Morgan fingerprint density at radius 1 is 1.13 bits per heavy atom. The molecule has 2 rings (SSSR count). The van der Waals surface area contributed by atoms with E-state index in [1.807, 2.05) is 37.3 Å². The van der Waals surface area contributed by atoms with Crippen molar-refractivity contribution in [3.63, 3.8) is 0 Å². The van der Waals surface area contributed by atoms with Crippen molar-refractivity contribution >= 4 is 17.1 Å². The standard InChI is InChI=1S/C12H13N3/c1-9-8-10(13)2-3-12(9)15-11-4-6-14-7-5-11/h2-8H,13H2,1H3,(H,14,15). The van der Waals surface area contributed by atoms with Gasteiger partial charge >= 0.3 is 0 Å². The van der Waals surface area contributed by atoms with Crippen molar-refractivity contribution in [2.45, 2.75) is 6.92 Å². The number of nitrogens with one attached hydrogen (secondary N) is 1. The molecule has 2 aromatic rings. The van der Waals surface area contributed by atoms with Crippen molar-refractivity contribution in [2.24, 2.45) is 0 Å². The van der Waals surface area contributed by atoms with Crippen LogP contribution in [0.5, 0.6) is 0 Å². The molecule has 0 aliphatic rings. The summed E-state index contributed by atoms with van der Waals surface area (Å²) in [5, 5.41) is 3.30. The summed E-state index contributed by atoms with van der Waals surface area (Å²) in [6, 6.07) is 9.66. The molecule has 15 heavy (non-hydrogen) atoms. The molecule has 0 spiro atoms. The summed E-state index contributed by atoms with van der Waals surface area (Å²) in [6.45, 7) is 2.03. The van der Waals surface area contributed by atoms with Gasteiger partial charge in [0.05, 0.1) is 0 Å². The van der Waals surface area contributed by atoms with E-state index in [0.717, 1.165) is 22.6 Å². The largest absolute Gasteiger partial charge is 0.399 e. The molecule has 3 nitrogen and oxygen atoms in total. The van der Waals surface area contributed by atoms with Gasteiger partial charge in [-0.1, -0.05) is 0 Å². The number of nitrogens with zero attached hydrogens (tertiary/aromatic N) is 1. The van der Waals surface area contributed by atoms with Gasteiger partial charge in [-0.05, 0) is 42.8 Å². The van der Waals surface area contributed by atoms with Crippen LogP contribution in [0.2, 0.25) is 0 Å². The van der Waals surface area contributed by atoms with E-state index in [1.54, 1.807) is 12.4 Å². The molecule has 1 aromatic heterocycles. The lowest BCUT2D eigenvalue weighted by Gasteiger charge is -2.09. The molecule has 0 unspecified atom stereocenters. The number of benzene rings is 1. The Hall–Kier alpha value is -2.03. The summed E-state index contributed by atoms with van der Waals surface area (Å²) in [4.78, 5) is 3.96. The highest BCUT2D eigenvalue weighted by Gasteiger charge is 1.98. The molecule has 0 radical (unpaired) electrons. The van der Waals surface area contributed by atoms with E-state index in [1.165, 1.54) is 0 Å². The molecule has 0 saturated carbocycles. The number of pyridine rings is 1. The SMILES string of the molecule is Cc1cc(N)ccc1Nc1ccncc1. The van der Waals surface area contributed by atoms with Crippen LogP contribution in [-0.2, 0) is 0 Å². The quantitative estimate of drug-likeness (QED) is 0.731. The van der Waals surface area contributed by atoms with Gasteiger partial charge < -0.3 is 11.1 Å². The van der Waals surface area contributed by atoms with E-state index in [-0.39, 0.29) is 0 Å². The zero-order valence-corrected chi connectivity index (χ0v) is 8.57. The molecule has 0 atom stereocenters. The first-order valence-corrected chi connectivity index (χ1v) is 4.79. The first-order valence-electron chi connectivity index (χ1n) is 4.79. The fraction of sp³-hybridized carbons (Fsp3) is 0.0833. The van der Waals surface area contributed by atoms with Gasteiger partial charge in [0.2, 0.25) is 0 Å². The van der Waals surface area contributed by atoms with Crippen LogP contribution in [0.15, 0.2) is 42.7 Å². The summed E-state index contributed by atoms with van der Waals surface area (Å²) in [6.07, 6.45) is 3.52. The molecule has 0 aliphatic heterocycles. The number of aromatic nitrogens is 1. The predicted molar refractivity (Wildman–Crippen MR) is 63.1 cm³/mol. The molecule has 3 N–H and O–H groups in total. The van der Waals surface area contributed by atoms with Crippen molar-refractivity contribution in [3.05, 3.63) is 48.3 Å². The van der Waals surface area contributed by atoms with Crippen molar-refractivity contribution in [1.82, 2.24) is 4.98 Å². The molecule has 0 saturated heterocycles. The lowest BCUT2D eigenvalue weighted by molar-refractivity contribution is 1.32. The van der Waals surface area contributed by atoms with Crippen molar-refractivity contribution in [3.8, 4) is 0 Å². The van der Waals surface area contributed by atoms with Crippen LogP contribution in [0.1, 0.15) is 5.56 Å². The number of hydrogen-bond acceptors (Lipinski definition) is 3. The monoisotopic (exact) mass is 199 g/mol. The Bertz CT molecular complexity index is 452. The Kier molecular flexibility index (Phi) is 2.54. The predicted octanol–water partition coefficient (Wildman–Crippen LogP) is 2.72. The number of rotatable bonds is 2. The average Bonchev–Trinajstić information content (AvgIpc) is 2.24. The van der Waals surface area contributed by atoms with E-state index >= 15 is 0 Å². The highest BCUT2D eigenvalue weighted by Crippen LogP contribution is 2.21. The van der Waals surface area contributed by atoms with Gasteiger partial charge in [0.1, 0.15) is 0 Å². The second kappa shape index (κ2) is 4.00. The lowest BCUT2D eigenvalue weighted by atomic mass is 10.2. The van der Waals surface area contributed by atoms with Gasteiger partial charge in [0.25, 0.3) is 0 Å². The zero-order valence-electron chi connectivity index (χ0n) is 8.57. The molecule has 0 bridgehead atoms. The van der Waals surface area contributed by atoms with E-state index < -0.39 is 0 Å². The maximum Gasteiger partial charge on any atom is 0.0415 e. The fourth-order valence-corrected chi connectivity index (χ4v) is 1.42. The van der Waals surface area contributed by atoms with Crippen LogP contribution >= 0.6 is 0 Å². The zero-order chi connectivity index (χ0) is 10.7. The minimum absolute atomic E-state index is 0.785. The minimum Gasteiger partial charge on any atom is -0.399 e. The third-order valence-electron chi connectivity index (χ3n) is 2.21. The summed E-state index contributed by atoms with van der Waals surface area (Å²) in [5.41, 5.74) is 9.69. The van der Waals surface area contributed by atoms with Gasteiger partial charge in [-0.3, -0.25) is 4.98 Å². The molecule has 1 aromatic carbocycles. The van der Waals surface area contributed by atoms with Crippen LogP contribution in [0.4, 0.5) is 17.1 Å². The van der Waals surface area contributed by atoms with E-state index in [0.29, 0.717) is 0 Å². The van der Waals surface area contributed by atoms with Gasteiger partial charge in [-0.25, -0.2) is 0 Å². The van der Waals surface area contributed by atoms with Gasteiger partial charge in [-0.2, -0.15) is 0 Å². The third kappa shape index (κ3) is 2.26. The molecule has 1 heterocycles. The maximum absolute atomic E-state index is 5.68. The fourth-order valence-electron chi connectivity index (χ4n) is 1.42. The molecule has 0 fully saturated rings. The molecule has 0 amide bonds. The smallest absolute Gasteiger partial charge is 0.0415 e. The minimum atomic E-state index is 0.785. The molecular formula is C12H13N3. The topological polar surface area (TPSA) is 50.9 Å². The highest BCUT2D eigenvalue weighted by molar-refractivity contribution is 5.65. The Morgan fingerprint density at radius 2 is 1.87 bits per heavy atom. The van der Waals surface area contributed by atoms with Crippen molar-refractivity contribution in [2.75, 3.05) is 11.1 Å². The van der Waals surface area contributed by atoms with Gasteiger partial charge in [0.15, 0.2) is 0 Å². The van der Waals surface area contributed by atoms with E-state index in [2.05, 4.69) is 10.3 Å². The number of anilines is 3. The number of aryl methyl sites for hydroxylation is 1. The molecule has 0 aliphatic carbocycles. The van der Waals surface area contributed by atoms with Crippen LogP contribution in [0.25, 0.3) is 0 Å². The van der Waals surface area contributed by atoms with Gasteiger partial charge in [-0.15, -0.1) is 0 Å². The summed E-state index contributed by atoms with van der Waals surface area (Å²) < 4.78 is 0. The summed E-state index contributed by atoms with van der Waals surface area (Å²) >= 11 is 0. The number of hydrogen-bond donors (Lipinski definition) is 2. The molecule has 3 heteroatoms. The average molecular weight is 199 g/mol. The molecular weight excluding hydrogens is 186 g/mol. The van der Waals surface area contributed by atoms with E-state index in [4.69, 9.17) is 5.73 Å². The van der Waals surface area contributed by atoms with E-state index in [9.17, 15) is 0 Å². The Balaban J connectivity index is 2.25. The lowest BCUT2D eigenvalue weighted by Crippen LogP contribution is -1.94. The highest BCUT2D eigenvalue weighted by atomic mass is 14.9. The van der Waals surface area contributed by atoms with Crippen LogP contribution in [0, 0.1) is 6.92 Å². The Labute approximate surface area is 89.0 Å². The second-order valence-electron chi connectivity index (χ2n) is 3.44. The van der Waals surface area contributed by atoms with Crippen LogP contribution in [-0.4, -0.2) is 4.98 Å². The van der Waals surface area contributed by atoms with Crippen LogP contribution < -0.4 is 11.1 Å². The van der Waals surface area contributed by atoms with Gasteiger partial charge in [0, 0.05) is 29.5 Å². The molecule has 76 valence electrons. The summed E-state index contributed by atoms with van der Waals surface area (Å²) in [7, 11) is 0. The van der Waals surface area contributed by atoms with Crippen molar-refractivity contribution in [1.29, 1.82) is 0 Å². The Morgan fingerprint density at radius 3 is 2.53 bits per heavy atom. The third-order valence-corrected chi connectivity index (χ3v) is 2.21.